The lowest BCUT2D eigenvalue weighted by molar-refractivity contribution is 0.0502. The predicted octanol–water partition coefficient (Wildman–Crippen LogP) is 3.92. The Morgan fingerprint density at radius 2 is 1.73 bits per heavy atom. The first kappa shape index (κ1) is 25.1. The summed E-state index contributed by atoms with van der Waals surface area (Å²) in [5.74, 6) is 2.38. The van der Waals surface area contributed by atoms with E-state index >= 15 is 0 Å². The van der Waals surface area contributed by atoms with Crippen LogP contribution in [0.2, 0.25) is 5.02 Å². The summed E-state index contributed by atoms with van der Waals surface area (Å²) in [4.78, 5) is 17.3. The maximum atomic E-state index is 13.4. The Morgan fingerprint density at radius 3 is 2.39 bits per heavy atom. The molecule has 10 heteroatoms. The molecule has 33 heavy (non-hydrogen) atoms. The molecular weight excluding hydrogens is 482 g/mol. The van der Waals surface area contributed by atoms with Crippen LogP contribution in [0.4, 0.5) is 4.79 Å². The highest BCUT2D eigenvalue weighted by molar-refractivity contribution is 7.99. The number of thioether (sulfide) groups is 1. The molecule has 0 aliphatic carbocycles. The fraction of sp³-hybridized carbons (Fsp3) is 0.696. The smallest absolute Gasteiger partial charge is 0.409 e. The first-order chi connectivity index (χ1) is 15.9. The van der Waals surface area contributed by atoms with Gasteiger partial charge in [-0.1, -0.05) is 18.0 Å². The molecule has 1 amide bonds. The Bertz CT molecular complexity index is 901. The van der Waals surface area contributed by atoms with Crippen molar-refractivity contribution in [3.63, 3.8) is 0 Å². The molecule has 4 rings (SSSR count). The van der Waals surface area contributed by atoms with Crippen molar-refractivity contribution in [1.29, 1.82) is 0 Å². The molecular formula is C23H34ClN3O4S2. The van der Waals surface area contributed by atoms with E-state index in [4.69, 9.17) is 16.3 Å². The summed E-state index contributed by atoms with van der Waals surface area (Å²) < 4.78 is 34.0. The fourth-order valence-corrected chi connectivity index (χ4v) is 8.12. The van der Waals surface area contributed by atoms with Gasteiger partial charge in [0, 0.05) is 54.8 Å². The molecule has 0 radical (unpaired) electrons. The Morgan fingerprint density at radius 1 is 1.06 bits per heavy atom. The lowest BCUT2D eigenvalue weighted by atomic mass is 10.0. The number of sulfonamides is 1. The molecule has 0 aromatic heterocycles. The monoisotopic (exact) mass is 515 g/mol. The summed E-state index contributed by atoms with van der Waals surface area (Å²) >= 11 is 7.95. The SMILES string of the molecule is C[C@@H]1CCC[C@H](COC(=O)N2CCC(N3CCSCC3)CC2)N1S(=O)(=O)c1ccc(Cl)cc1. The number of likely N-dealkylation sites (tertiary alicyclic amines) is 1. The summed E-state index contributed by atoms with van der Waals surface area (Å²) in [7, 11) is -3.71. The number of ether oxygens (including phenoxy) is 1. The number of halogens is 1. The van der Waals surface area contributed by atoms with Gasteiger partial charge in [0.2, 0.25) is 10.0 Å². The van der Waals surface area contributed by atoms with Gasteiger partial charge in [-0.2, -0.15) is 16.1 Å². The molecule has 3 saturated heterocycles. The number of hydrogen-bond donors (Lipinski definition) is 0. The van der Waals surface area contributed by atoms with Crippen molar-refractivity contribution in [3.05, 3.63) is 29.3 Å². The second kappa shape index (κ2) is 11.2. The van der Waals surface area contributed by atoms with Crippen LogP contribution in [0.5, 0.6) is 0 Å². The highest BCUT2D eigenvalue weighted by Gasteiger charge is 2.39. The van der Waals surface area contributed by atoms with E-state index in [1.807, 2.05) is 18.7 Å². The highest BCUT2D eigenvalue weighted by atomic mass is 35.5. The van der Waals surface area contributed by atoms with E-state index in [0.29, 0.717) is 30.6 Å². The van der Waals surface area contributed by atoms with Crippen LogP contribution < -0.4 is 0 Å². The zero-order valence-electron chi connectivity index (χ0n) is 19.2. The van der Waals surface area contributed by atoms with Gasteiger partial charge in [0.1, 0.15) is 6.61 Å². The zero-order chi connectivity index (χ0) is 23.4. The largest absolute Gasteiger partial charge is 0.448 e. The van der Waals surface area contributed by atoms with Gasteiger partial charge in [-0.15, -0.1) is 0 Å². The predicted molar refractivity (Wildman–Crippen MR) is 132 cm³/mol. The lowest BCUT2D eigenvalue weighted by Gasteiger charge is -2.41. The van der Waals surface area contributed by atoms with Crippen LogP contribution in [0.15, 0.2) is 29.2 Å². The van der Waals surface area contributed by atoms with Crippen LogP contribution in [0, 0.1) is 0 Å². The minimum absolute atomic E-state index is 0.0826. The van der Waals surface area contributed by atoms with Crippen LogP contribution in [0.3, 0.4) is 0 Å². The highest BCUT2D eigenvalue weighted by Crippen LogP contribution is 2.31. The lowest BCUT2D eigenvalue weighted by Crippen LogP contribution is -2.52. The third-order valence-electron chi connectivity index (χ3n) is 7.03. The Balaban J connectivity index is 1.34. The van der Waals surface area contributed by atoms with Crippen LogP contribution in [-0.2, 0) is 14.8 Å². The number of piperidine rings is 2. The molecule has 0 saturated carbocycles. The molecule has 3 heterocycles. The summed E-state index contributed by atoms with van der Waals surface area (Å²) in [6.45, 7) is 5.67. The topological polar surface area (TPSA) is 70.2 Å². The van der Waals surface area contributed by atoms with Gasteiger partial charge >= 0.3 is 6.09 Å². The summed E-state index contributed by atoms with van der Waals surface area (Å²) in [5.41, 5.74) is 0. The van der Waals surface area contributed by atoms with E-state index in [1.165, 1.54) is 27.9 Å². The van der Waals surface area contributed by atoms with E-state index in [0.717, 1.165) is 38.8 Å². The van der Waals surface area contributed by atoms with E-state index in [1.54, 1.807) is 17.0 Å². The minimum atomic E-state index is -3.71. The molecule has 7 nitrogen and oxygen atoms in total. The second-order valence-corrected chi connectivity index (χ2v) is 12.7. The molecule has 3 fully saturated rings. The quantitative estimate of drug-likeness (QED) is 0.592. The van der Waals surface area contributed by atoms with Crippen molar-refractivity contribution in [3.8, 4) is 0 Å². The number of carbonyl (C=O) groups is 1. The average molecular weight is 516 g/mol. The maximum absolute atomic E-state index is 13.4. The number of carbonyl (C=O) groups excluding carboxylic acids is 1. The van der Waals surface area contributed by atoms with E-state index in [9.17, 15) is 13.2 Å². The van der Waals surface area contributed by atoms with Crippen molar-refractivity contribution >= 4 is 39.5 Å². The number of nitrogens with zero attached hydrogens (tertiary/aromatic N) is 3. The van der Waals surface area contributed by atoms with Crippen LogP contribution in [-0.4, -0.2) is 91.0 Å². The Kier molecular flexibility index (Phi) is 8.49. The normalized spacial score (nSPS) is 26.3. The third-order valence-corrected chi connectivity index (χ3v) is 10.3. The average Bonchev–Trinajstić information content (AvgIpc) is 2.83. The summed E-state index contributed by atoms with van der Waals surface area (Å²) in [5, 5.41) is 0.495. The molecule has 1 aromatic carbocycles. The Labute approximate surface area is 206 Å². The van der Waals surface area contributed by atoms with Gasteiger partial charge in [-0.3, -0.25) is 4.90 Å². The van der Waals surface area contributed by atoms with Crippen molar-refractivity contribution < 1.29 is 17.9 Å². The Hall–Kier alpha value is -1.00. The minimum Gasteiger partial charge on any atom is -0.448 e. The molecule has 3 aliphatic heterocycles. The second-order valence-electron chi connectivity index (χ2n) is 9.17. The summed E-state index contributed by atoms with van der Waals surface area (Å²) in [6.07, 6.45) is 3.99. The molecule has 0 unspecified atom stereocenters. The van der Waals surface area contributed by atoms with E-state index in [2.05, 4.69) is 4.90 Å². The van der Waals surface area contributed by atoms with E-state index in [-0.39, 0.29) is 29.7 Å². The first-order valence-corrected chi connectivity index (χ1v) is 14.9. The van der Waals surface area contributed by atoms with Gasteiger partial charge in [-0.05, 0) is 56.9 Å². The van der Waals surface area contributed by atoms with Crippen LogP contribution in [0.1, 0.15) is 39.0 Å². The molecule has 1 aromatic rings. The summed E-state index contributed by atoms with van der Waals surface area (Å²) in [6, 6.07) is 6.28. The van der Waals surface area contributed by atoms with Crippen molar-refractivity contribution in [1.82, 2.24) is 14.1 Å². The number of rotatable bonds is 5. The van der Waals surface area contributed by atoms with Crippen LogP contribution in [0.25, 0.3) is 0 Å². The molecule has 2 atom stereocenters. The van der Waals surface area contributed by atoms with Gasteiger partial charge in [-0.25, -0.2) is 13.2 Å². The molecule has 3 aliphatic rings. The standard InChI is InChI=1S/C23H34ClN3O4S2/c1-18-3-2-4-21(27(18)33(29,30)22-7-5-19(24)6-8-22)17-31-23(28)26-11-9-20(10-12-26)25-13-15-32-16-14-25/h5-8,18,20-21H,2-4,9-17H2,1H3/t18-,21-/m1/s1. The molecule has 184 valence electrons. The first-order valence-electron chi connectivity index (χ1n) is 11.9. The van der Waals surface area contributed by atoms with Gasteiger partial charge in [0.15, 0.2) is 0 Å². The van der Waals surface area contributed by atoms with Gasteiger partial charge in [0.25, 0.3) is 0 Å². The van der Waals surface area contributed by atoms with Crippen molar-refractivity contribution in [2.75, 3.05) is 44.3 Å². The van der Waals surface area contributed by atoms with Crippen molar-refractivity contribution in [2.45, 2.75) is 62.0 Å². The zero-order valence-corrected chi connectivity index (χ0v) is 21.6. The fourth-order valence-electron chi connectivity index (χ4n) is 5.20. The van der Waals surface area contributed by atoms with Gasteiger partial charge in [0.05, 0.1) is 10.9 Å². The molecule has 0 bridgehead atoms. The van der Waals surface area contributed by atoms with Crippen LogP contribution >= 0.6 is 23.4 Å². The number of benzene rings is 1. The molecule has 0 N–H and O–H groups in total. The maximum Gasteiger partial charge on any atom is 0.409 e. The van der Waals surface area contributed by atoms with E-state index < -0.39 is 10.0 Å². The van der Waals surface area contributed by atoms with Crippen molar-refractivity contribution in [2.24, 2.45) is 0 Å². The number of amides is 1. The third kappa shape index (κ3) is 5.99. The molecule has 0 spiro atoms. The number of hydrogen-bond acceptors (Lipinski definition) is 6. The van der Waals surface area contributed by atoms with Gasteiger partial charge < -0.3 is 9.64 Å².